The molecule has 1 aromatic carbocycles. The normalized spacial score (nSPS) is 10.5. The first-order chi connectivity index (χ1) is 10.9. The van der Waals surface area contributed by atoms with E-state index in [4.69, 9.17) is 16.3 Å². The topological polar surface area (TPSA) is 71.2 Å². The number of aryl methyl sites for hydroxylation is 2. The number of hydrogen-bond acceptors (Lipinski definition) is 3. The van der Waals surface area contributed by atoms with Crippen LogP contribution < -0.4 is 5.32 Å². The third kappa shape index (κ3) is 3.40. The van der Waals surface area contributed by atoms with Crippen LogP contribution in [-0.2, 0) is 11.2 Å². The van der Waals surface area contributed by atoms with Crippen LogP contribution in [0.25, 0.3) is 0 Å². The molecule has 23 heavy (non-hydrogen) atoms. The van der Waals surface area contributed by atoms with Crippen molar-refractivity contribution in [3.8, 4) is 0 Å². The number of benzene rings is 1. The van der Waals surface area contributed by atoms with E-state index in [0.717, 1.165) is 5.56 Å². The fraction of sp³-hybridized carbons (Fsp3) is 0.294. The number of aromatic amines is 1. The standard InChI is InChI=1S/C17H19ClN2O3/c1-5-12-14(17(22)23-4)10(3)15(19-12)16(21)20-13-7-6-9(2)8-11(13)18/h6-8,19H,5H2,1-4H3,(H,20,21). The Morgan fingerprint density at radius 1 is 1.30 bits per heavy atom. The van der Waals surface area contributed by atoms with Crippen molar-refractivity contribution in [3.63, 3.8) is 0 Å². The monoisotopic (exact) mass is 334 g/mol. The van der Waals surface area contributed by atoms with Crippen LogP contribution in [0.1, 0.15) is 44.6 Å². The zero-order chi connectivity index (χ0) is 17.1. The van der Waals surface area contributed by atoms with Crippen LogP contribution in [0.15, 0.2) is 18.2 Å². The first kappa shape index (κ1) is 17.1. The quantitative estimate of drug-likeness (QED) is 0.833. The van der Waals surface area contributed by atoms with Crippen LogP contribution in [0, 0.1) is 13.8 Å². The molecule has 6 heteroatoms. The van der Waals surface area contributed by atoms with Gasteiger partial charge >= 0.3 is 5.97 Å². The number of carbonyl (C=O) groups is 2. The van der Waals surface area contributed by atoms with E-state index in [1.807, 2.05) is 19.9 Å². The molecule has 0 saturated heterocycles. The summed E-state index contributed by atoms with van der Waals surface area (Å²) in [6, 6.07) is 5.38. The highest BCUT2D eigenvalue weighted by atomic mass is 35.5. The predicted molar refractivity (Wildman–Crippen MR) is 90.4 cm³/mol. The van der Waals surface area contributed by atoms with E-state index in [1.54, 1.807) is 19.1 Å². The highest BCUT2D eigenvalue weighted by molar-refractivity contribution is 6.34. The molecule has 0 aliphatic rings. The molecular formula is C17H19ClN2O3. The van der Waals surface area contributed by atoms with Crippen molar-refractivity contribution in [1.29, 1.82) is 0 Å². The second kappa shape index (κ2) is 6.87. The number of carbonyl (C=O) groups excluding carboxylic acids is 2. The minimum Gasteiger partial charge on any atom is -0.465 e. The fourth-order valence-electron chi connectivity index (χ4n) is 2.44. The van der Waals surface area contributed by atoms with E-state index in [0.29, 0.717) is 39.6 Å². The Morgan fingerprint density at radius 2 is 2.00 bits per heavy atom. The maximum absolute atomic E-state index is 12.5. The smallest absolute Gasteiger partial charge is 0.339 e. The second-order valence-corrected chi connectivity index (χ2v) is 5.67. The van der Waals surface area contributed by atoms with Crippen LogP contribution in [0.2, 0.25) is 5.02 Å². The van der Waals surface area contributed by atoms with Gasteiger partial charge in [0.2, 0.25) is 0 Å². The third-order valence-electron chi connectivity index (χ3n) is 3.67. The number of ether oxygens (including phenoxy) is 1. The summed E-state index contributed by atoms with van der Waals surface area (Å²) in [7, 11) is 1.32. The first-order valence-electron chi connectivity index (χ1n) is 7.26. The molecule has 0 aliphatic heterocycles. The zero-order valence-corrected chi connectivity index (χ0v) is 14.3. The van der Waals surface area contributed by atoms with Crippen molar-refractivity contribution >= 4 is 29.2 Å². The van der Waals surface area contributed by atoms with Gasteiger partial charge in [-0.3, -0.25) is 4.79 Å². The molecule has 0 atom stereocenters. The van der Waals surface area contributed by atoms with Gasteiger partial charge in [-0.2, -0.15) is 0 Å². The molecule has 1 aromatic heterocycles. The van der Waals surface area contributed by atoms with Crippen molar-refractivity contribution < 1.29 is 14.3 Å². The summed E-state index contributed by atoms with van der Waals surface area (Å²) >= 11 is 6.14. The number of aromatic nitrogens is 1. The van der Waals surface area contributed by atoms with Gasteiger partial charge in [0.1, 0.15) is 5.69 Å². The lowest BCUT2D eigenvalue weighted by Crippen LogP contribution is -2.14. The summed E-state index contributed by atoms with van der Waals surface area (Å²) in [5.41, 5.74) is 3.51. The lowest BCUT2D eigenvalue weighted by molar-refractivity contribution is 0.0599. The minimum absolute atomic E-state index is 0.332. The van der Waals surface area contributed by atoms with Gasteiger partial charge in [-0.05, 0) is 43.5 Å². The summed E-state index contributed by atoms with van der Waals surface area (Å²) in [6.45, 7) is 5.53. The molecule has 0 bridgehead atoms. The lowest BCUT2D eigenvalue weighted by Gasteiger charge is -2.07. The fourth-order valence-corrected chi connectivity index (χ4v) is 2.72. The highest BCUT2D eigenvalue weighted by Crippen LogP contribution is 2.25. The van der Waals surface area contributed by atoms with E-state index in [9.17, 15) is 9.59 Å². The van der Waals surface area contributed by atoms with Crippen molar-refractivity contribution in [3.05, 3.63) is 51.3 Å². The van der Waals surface area contributed by atoms with E-state index in [1.165, 1.54) is 7.11 Å². The van der Waals surface area contributed by atoms with Crippen LogP contribution >= 0.6 is 11.6 Å². The third-order valence-corrected chi connectivity index (χ3v) is 3.98. The van der Waals surface area contributed by atoms with Crippen LogP contribution in [0.3, 0.4) is 0 Å². The van der Waals surface area contributed by atoms with Crippen molar-refractivity contribution in [1.82, 2.24) is 4.98 Å². The van der Waals surface area contributed by atoms with E-state index in [2.05, 4.69) is 10.3 Å². The largest absolute Gasteiger partial charge is 0.465 e. The number of methoxy groups -OCH3 is 1. The maximum Gasteiger partial charge on any atom is 0.339 e. The Hall–Kier alpha value is -2.27. The van der Waals surface area contributed by atoms with E-state index >= 15 is 0 Å². The van der Waals surface area contributed by atoms with Crippen molar-refractivity contribution in [2.45, 2.75) is 27.2 Å². The highest BCUT2D eigenvalue weighted by Gasteiger charge is 2.23. The molecule has 1 heterocycles. The number of hydrogen-bond donors (Lipinski definition) is 2. The number of halogens is 1. The molecule has 0 saturated carbocycles. The maximum atomic E-state index is 12.5. The minimum atomic E-state index is -0.456. The summed E-state index contributed by atoms with van der Waals surface area (Å²) < 4.78 is 4.79. The number of H-pyrrole nitrogens is 1. The number of esters is 1. The zero-order valence-electron chi connectivity index (χ0n) is 13.5. The Kier molecular flexibility index (Phi) is 5.11. The summed E-state index contributed by atoms with van der Waals surface area (Å²) in [6.07, 6.45) is 0.587. The van der Waals surface area contributed by atoms with Crippen molar-refractivity contribution in [2.24, 2.45) is 0 Å². The molecule has 2 N–H and O–H groups in total. The average Bonchev–Trinajstić information content (AvgIpc) is 2.86. The van der Waals surface area contributed by atoms with Gasteiger partial charge in [0, 0.05) is 5.69 Å². The van der Waals surface area contributed by atoms with Gasteiger partial charge in [0.25, 0.3) is 5.91 Å². The Labute approximate surface area is 140 Å². The van der Waals surface area contributed by atoms with Crippen LogP contribution in [-0.4, -0.2) is 24.0 Å². The molecule has 122 valence electrons. The Morgan fingerprint density at radius 3 is 2.57 bits per heavy atom. The number of anilines is 1. The molecule has 0 radical (unpaired) electrons. The van der Waals surface area contributed by atoms with Gasteiger partial charge in [0.15, 0.2) is 0 Å². The van der Waals surface area contributed by atoms with E-state index in [-0.39, 0.29) is 5.91 Å². The molecule has 0 unspecified atom stereocenters. The predicted octanol–water partition coefficient (Wildman–Crippen LogP) is 3.89. The SMILES string of the molecule is CCc1[nH]c(C(=O)Nc2ccc(C)cc2Cl)c(C)c1C(=O)OC. The number of nitrogens with one attached hydrogen (secondary N) is 2. The molecular weight excluding hydrogens is 316 g/mol. The molecule has 0 spiro atoms. The van der Waals surface area contributed by atoms with Gasteiger partial charge in [-0.15, -0.1) is 0 Å². The molecule has 5 nitrogen and oxygen atoms in total. The Bertz CT molecular complexity index is 765. The van der Waals surface area contributed by atoms with Crippen LogP contribution in [0.4, 0.5) is 5.69 Å². The summed E-state index contributed by atoms with van der Waals surface area (Å²) in [5.74, 6) is -0.805. The summed E-state index contributed by atoms with van der Waals surface area (Å²) in [5, 5.41) is 3.23. The molecule has 2 rings (SSSR count). The first-order valence-corrected chi connectivity index (χ1v) is 7.64. The van der Waals surface area contributed by atoms with Gasteiger partial charge in [0.05, 0.1) is 23.4 Å². The second-order valence-electron chi connectivity index (χ2n) is 5.26. The van der Waals surface area contributed by atoms with E-state index < -0.39 is 5.97 Å². The summed E-state index contributed by atoms with van der Waals surface area (Å²) in [4.78, 5) is 27.4. The lowest BCUT2D eigenvalue weighted by atomic mass is 10.1. The molecule has 0 aliphatic carbocycles. The molecule has 2 aromatic rings. The van der Waals surface area contributed by atoms with Gasteiger partial charge < -0.3 is 15.0 Å². The van der Waals surface area contributed by atoms with Crippen molar-refractivity contribution in [2.75, 3.05) is 12.4 Å². The van der Waals surface area contributed by atoms with Gasteiger partial charge in [-0.25, -0.2) is 4.79 Å². The number of rotatable bonds is 4. The van der Waals surface area contributed by atoms with Gasteiger partial charge in [-0.1, -0.05) is 24.6 Å². The molecule has 1 amide bonds. The number of amides is 1. The average molecular weight is 335 g/mol. The van der Waals surface area contributed by atoms with Crippen LogP contribution in [0.5, 0.6) is 0 Å². The Balaban J connectivity index is 2.36. The molecule has 0 fully saturated rings.